The zero-order valence-electron chi connectivity index (χ0n) is 17.7. The maximum absolute atomic E-state index is 13.8. The number of aromatic nitrogens is 1. The van der Waals surface area contributed by atoms with Crippen LogP contribution in [0.15, 0.2) is 88.5 Å². The predicted octanol–water partition coefficient (Wildman–Crippen LogP) is 6.62. The highest BCUT2D eigenvalue weighted by Crippen LogP contribution is 2.44. The number of fused-ring (bicyclic) bond motifs is 2. The van der Waals surface area contributed by atoms with E-state index in [1.54, 1.807) is 48.5 Å². The molecule has 0 aliphatic carbocycles. The SMILES string of the molecule is O=C(C1=C(O)C(=O)N(c2nc3ccc(F)cc3s2)C1c1ccc(Cl)cc1)c1cc2ccccc2o1. The van der Waals surface area contributed by atoms with Gasteiger partial charge >= 0.3 is 0 Å². The number of thiazole rings is 1. The summed E-state index contributed by atoms with van der Waals surface area (Å²) in [6.45, 7) is 0. The molecule has 0 radical (unpaired) electrons. The second-order valence-electron chi connectivity index (χ2n) is 7.98. The Kier molecular flexibility index (Phi) is 4.94. The number of ketones is 1. The Hall–Kier alpha value is -4.01. The first-order chi connectivity index (χ1) is 16.9. The molecule has 6 nitrogen and oxygen atoms in total. The average molecular weight is 505 g/mol. The number of anilines is 1. The summed E-state index contributed by atoms with van der Waals surface area (Å²) in [4.78, 5) is 32.7. The summed E-state index contributed by atoms with van der Waals surface area (Å²) in [5.74, 6) is -2.55. The molecular weight excluding hydrogens is 491 g/mol. The minimum Gasteiger partial charge on any atom is -0.503 e. The first-order valence-corrected chi connectivity index (χ1v) is 11.7. The molecule has 0 spiro atoms. The summed E-state index contributed by atoms with van der Waals surface area (Å²) in [5, 5.41) is 12.3. The minimum atomic E-state index is -0.995. The van der Waals surface area contributed by atoms with Crippen LogP contribution < -0.4 is 4.90 Å². The van der Waals surface area contributed by atoms with E-state index in [-0.39, 0.29) is 16.5 Å². The van der Waals surface area contributed by atoms with Gasteiger partial charge in [-0.3, -0.25) is 14.5 Å². The third kappa shape index (κ3) is 3.50. The number of halogens is 2. The number of carbonyl (C=O) groups excluding carboxylic acids is 2. The smallest absolute Gasteiger partial charge is 0.296 e. The van der Waals surface area contributed by atoms with Crippen molar-refractivity contribution < 1.29 is 23.5 Å². The number of rotatable bonds is 4. The molecule has 0 fully saturated rings. The number of furan rings is 1. The van der Waals surface area contributed by atoms with E-state index in [1.165, 1.54) is 23.1 Å². The van der Waals surface area contributed by atoms with Gasteiger partial charge in [-0.2, -0.15) is 0 Å². The molecule has 1 unspecified atom stereocenters. The van der Waals surface area contributed by atoms with Gasteiger partial charge < -0.3 is 9.52 Å². The molecule has 0 bridgehead atoms. The molecule has 3 heterocycles. The van der Waals surface area contributed by atoms with Crippen molar-refractivity contribution in [1.82, 2.24) is 4.98 Å². The van der Waals surface area contributed by atoms with Gasteiger partial charge in [0.05, 0.1) is 21.8 Å². The molecule has 0 saturated heterocycles. The van der Waals surface area contributed by atoms with E-state index in [4.69, 9.17) is 16.0 Å². The van der Waals surface area contributed by atoms with E-state index < -0.39 is 29.3 Å². The second kappa shape index (κ2) is 8.04. The summed E-state index contributed by atoms with van der Waals surface area (Å²) in [7, 11) is 0. The molecule has 5 aromatic rings. The third-order valence-electron chi connectivity index (χ3n) is 5.83. The Labute approximate surface area is 206 Å². The number of hydrogen-bond acceptors (Lipinski definition) is 6. The molecule has 1 aliphatic heterocycles. The van der Waals surface area contributed by atoms with Gasteiger partial charge in [0, 0.05) is 10.4 Å². The number of benzene rings is 3. The maximum atomic E-state index is 13.8. The summed E-state index contributed by atoms with van der Waals surface area (Å²) in [6.07, 6.45) is 0. The van der Waals surface area contributed by atoms with E-state index in [0.29, 0.717) is 31.8 Å². The molecule has 172 valence electrons. The summed E-state index contributed by atoms with van der Waals surface area (Å²) >= 11 is 7.15. The highest BCUT2D eigenvalue weighted by Gasteiger charge is 2.46. The van der Waals surface area contributed by atoms with Gasteiger partial charge in [0.1, 0.15) is 11.4 Å². The van der Waals surface area contributed by atoms with Gasteiger partial charge in [-0.15, -0.1) is 0 Å². The van der Waals surface area contributed by atoms with Crippen molar-refractivity contribution in [2.45, 2.75) is 6.04 Å². The molecule has 9 heteroatoms. The Morgan fingerprint density at radius 1 is 1.09 bits per heavy atom. The topological polar surface area (TPSA) is 83.6 Å². The Morgan fingerprint density at radius 3 is 2.63 bits per heavy atom. The van der Waals surface area contributed by atoms with Crippen LogP contribution >= 0.6 is 22.9 Å². The summed E-state index contributed by atoms with van der Waals surface area (Å²) < 4.78 is 20.0. The van der Waals surface area contributed by atoms with E-state index in [1.807, 2.05) is 6.07 Å². The van der Waals surface area contributed by atoms with Gasteiger partial charge in [-0.1, -0.05) is 53.3 Å². The summed E-state index contributed by atoms with van der Waals surface area (Å²) in [6, 6.07) is 18.4. The van der Waals surface area contributed by atoms with Gasteiger partial charge in [0.2, 0.25) is 5.78 Å². The molecule has 2 aromatic heterocycles. The molecule has 6 rings (SSSR count). The van der Waals surface area contributed by atoms with Gasteiger partial charge in [-0.05, 0) is 48.0 Å². The third-order valence-corrected chi connectivity index (χ3v) is 7.10. The fourth-order valence-corrected chi connectivity index (χ4v) is 5.35. The van der Waals surface area contributed by atoms with E-state index in [0.717, 1.165) is 11.3 Å². The van der Waals surface area contributed by atoms with E-state index in [2.05, 4.69) is 4.98 Å². The summed E-state index contributed by atoms with van der Waals surface area (Å²) in [5.41, 5.74) is 1.40. The van der Waals surface area contributed by atoms with Crippen LogP contribution in [0.4, 0.5) is 9.52 Å². The molecule has 3 aromatic carbocycles. The Morgan fingerprint density at radius 2 is 1.86 bits per heavy atom. The predicted molar refractivity (Wildman–Crippen MR) is 131 cm³/mol. The van der Waals surface area contributed by atoms with Crippen LogP contribution in [0.5, 0.6) is 0 Å². The van der Waals surface area contributed by atoms with Crippen molar-refractivity contribution in [3.8, 4) is 0 Å². The van der Waals surface area contributed by atoms with Crippen LogP contribution in [0.25, 0.3) is 21.2 Å². The van der Waals surface area contributed by atoms with Crippen molar-refractivity contribution in [2.75, 3.05) is 4.90 Å². The fraction of sp³-hybridized carbons (Fsp3) is 0.0385. The van der Waals surface area contributed by atoms with Crippen molar-refractivity contribution in [3.05, 3.63) is 106 Å². The van der Waals surface area contributed by atoms with Gasteiger partial charge in [0.25, 0.3) is 5.91 Å². The van der Waals surface area contributed by atoms with Crippen molar-refractivity contribution in [1.29, 1.82) is 0 Å². The van der Waals surface area contributed by atoms with Crippen LogP contribution in [0.2, 0.25) is 5.02 Å². The lowest BCUT2D eigenvalue weighted by molar-refractivity contribution is -0.117. The molecule has 1 amide bonds. The number of Topliss-reactive ketones (excluding diaryl/α,β-unsaturated/α-hetero) is 1. The zero-order chi connectivity index (χ0) is 24.3. The number of amides is 1. The molecule has 0 saturated carbocycles. The van der Waals surface area contributed by atoms with Crippen LogP contribution in [0.3, 0.4) is 0 Å². The monoisotopic (exact) mass is 504 g/mol. The molecule has 1 atom stereocenters. The highest BCUT2D eigenvalue weighted by atomic mass is 35.5. The number of aliphatic hydroxyl groups is 1. The zero-order valence-corrected chi connectivity index (χ0v) is 19.3. The number of para-hydroxylation sites is 1. The lowest BCUT2D eigenvalue weighted by Crippen LogP contribution is -2.30. The van der Waals surface area contributed by atoms with Crippen LogP contribution in [0, 0.1) is 5.82 Å². The van der Waals surface area contributed by atoms with Crippen molar-refractivity contribution in [3.63, 3.8) is 0 Å². The Bertz CT molecular complexity index is 1660. The molecule has 1 aliphatic rings. The first kappa shape index (κ1) is 21.5. The molecule has 35 heavy (non-hydrogen) atoms. The second-order valence-corrected chi connectivity index (χ2v) is 9.42. The lowest BCUT2D eigenvalue weighted by atomic mass is 9.95. The van der Waals surface area contributed by atoms with Crippen LogP contribution in [-0.2, 0) is 4.79 Å². The number of aliphatic hydroxyl groups excluding tert-OH is 1. The maximum Gasteiger partial charge on any atom is 0.296 e. The van der Waals surface area contributed by atoms with Crippen molar-refractivity contribution in [2.24, 2.45) is 0 Å². The fourth-order valence-electron chi connectivity index (χ4n) is 4.21. The van der Waals surface area contributed by atoms with Gasteiger partial charge in [-0.25, -0.2) is 9.37 Å². The Balaban J connectivity index is 1.51. The van der Waals surface area contributed by atoms with Crippen LogP contribution in [-0.4, -0.2) is 21.8 Å². The largest absolute Gasteiger partial charge is 0.503 e. The average Bonchev–Trinajstić information content (AvgIpc) is 3.53. The van der Waals surface area contributed by atoms with E-state index in [9.17, 15) is 19.1 Å². The van der Waals surface area contributed by atoms with Gasteiger partial charge in [0.15, 0.2) is 16.7 Å². The minimum absolute atomic E-state index is 0.00673. The normalized spacial score (nSPS) is 16.1. The lowest BCUT2D eigenvalue weighted by Gasteiger charge is -2.24. The first-order valence-electron chi connectivity index (χ1n) is 10.5. The number of carbonyl (C=O) groups is 2. The molecule has 1 N–H and O–H groups in total. The standard InChI is InChI=1S/C26H14ClFN2O4S/c27-15-7-5-13(6-8-15)22-21(23(31)19-11-14-3-1-2-4-18(14)34-19)24(32)25(33)30(22)26-29-17-10-9-16(28)12-20(17)35-26/h1-12,22,32H. The van der Waals surface area contributed by atoms with Crippen molar-refractivity contribution >= 4 is 60.9 Å². The highest BCUT2D eigenvalue weighted by molar-refractivity contribution is 7.22. The van der Waals surface area contributed by atoms with Crippen LogP contribution in [0.1, 0.15) is 22.2 Å². The van der Waals surface area contributed by atoms with E-state index >= 15 is 0 Å². The quantitative estimate of drug-likeness (QED) is 0.278. The molecular formula is C26H14ClFN2O4S. The number of nitrogens with zero attached hydrogens (tertiary/aromatic N) is 2. The number of hydrogen-bond donors (Lipinski definition) is 1.